The number of benzene rings is 2. The number of carbonyl (C=O) groups excluding carboxylic acids is 1. The van der Waals surface area contributed by atoms with Crippen LogP contribution >= 0.6 is 11.6 Å². The highest BCUT2D eigenvalue weighted by atomic mass is 35.5. The molecular weight excluding hydrogens is 350 g/mol. The molecular formula is C16H14ClN3O3S. The Balaban J connectivity index is 2.19. The maximum Gasteiger partial charge on any atom is 0.237 e. The van der Waals surface area contributed by atoms with E-state index in [4.69, 9.17) is 17.3 Å². The summed E-state index contributed by atoms with van der Waals surface area (Å²) in [4.78, 5) is 16.1. The summed E-state index contributed by atoms with van der Waals surface area (Å²) >= 11 is 6.00. The first-order valence-electron chi connectivity index (χ1n) is 7.00. The van der Waals surface area contributed by atoms with Crippen molar-refractivity contribution >= 4 is 38.4 Å². The van der Waals surface area contributed by atoms with Crippen LogP contribution in [0.15, 0.2) is 47.4 Å². The standard InChI is InChI=1S/C16H14ClN3O3S/c1-24(22,23)12-5-2-10(3-6-12)16-19-13-8-11(17)4-7-14(13)20(16)9-15(18)21/h2-8H,9H2,1H3,(H2,18,21). The van der Waals surface area contributed by atoms with Crippen molar-refractivity contribution in [1.82, 2.24) is 9.55 Å². The lowest BCUT2D eigenvalue weighted by atomic mass is 10.2. The first kappa shape index (κ1) is 16.5. The first-order valence-corrected chi connectivity index (χ1v) is 9.27. The molecule has 0 atom stereocenters. The lowest BCUT2D eigenvalue weighted by Gasteiger charge is -2.07. The van der Waals surface area contributed by atoms with Gasteiger partial charge in [0.1, 0.15) is 12.4 Å². The number of nitrogens with zero attached hydrogens (tertiary/aromatic N) is 2. The van der Waals surface area contributed by atoms with E-state index in [0.29, 0.717) is 21.9 Å². The van der Waals surface area contributed by atoms with Crippen molar-refractivity contribution in [3.63, 3.8) is 0 Å². The Kier molecular flexibility index (Phi) is 4.06. The summed E-state index contributed by atoms with van der Waals surface area (Å²) < 4.78 is 24.8. The zero-order chi connectivity index (χ0) is 17.5. The molecule has 0 saturated carbocycles. The quantitative estimate of drug-likeness (QED) is 0.769. The van der Waals surface area contributed by atoms with Crippen LogP contribution in [0.2, 0.25) is 5.02 Å². The summed E-state index contributed by atoms with van der Waals surface area (Å²) in [6, 6.07) is 11.5. The number of hydrogen-bond donors (Lipinski definition) is 1. The Bertz CT molecular complexity index is 1040. The van der Waals surface area contributed by atoms with Gasteiger partial charge in [-0.05, 0) is 42.5 Å². The molecule has 0 fully saturated rings. The lowest BCUT2D eigenvalue weighted by molar-refractivity contribution is -0.118. The monoisotopic (exact) mass is 363 g/mol. The van der Waals surface area contributed by atoms with E-state index >= 15 is 0 Å². The number of aromatic nitrogens is 2. The van der Waals surface area contributed by atoms with Gasteiger partial charge in [-0.1, -0.05) is 11.6 Å². The van der Waals surface area contributed by atoms with E-state index in [9.17, 15) is 13.2 Å². The number of rotatable bonds is 4. The second kappa shape index (κ2) is 5.92. The number of sulfone groups is 1. The first-order chi connectivity index (χ1) is 11.3. The van der Waals surface area contributed by atoms with Crippen molar-refractivity contribution in [2.24, 2.45) is 5.73 Å². The van der Waals surface area contributed by atoms with Crippen LogP contribution in [0.1, 0.15) is 0 Å². The fourth-order valence-electron chi connectivity index (χ4n) is 2.49. The van der Waals surface area contributed by atoms with Gasteiger partial charge >= 0.3 is 0 Å². The van der Waals surface area contributed by atoms with Gasteiger partial charge in [0.15, 0.2) is 9.84 Å². The fourth-order valence-corrected chi connectivity index (χ4v) is 3.29. The molecule has 0 unspecified atom stereocenters. The second-order valence-corrected chi connectivity index (χ2v) is 7.87. The Morgan fingerprint density at radius 2 is 1.88 bits per heavy atom. The molecule has 124 valence electrons. The summed E-state index contributed by atoms with van der Waals surface area (Å²) in [5, 5.41) is 0.533. The van der Waals surface area contributed by atoms with Gasteiger partial charge < -0.3 is 10.3 Å². The zero-order valence-corrected chi connectivity index (χ0v) is 14.3. The summed E-state index contributed by atoms with van der Waals surface area (Å²) in [5.74, 6) is 0.0179. The van der Waals surface area contributed by atoms with Gasteiger partial charge in [-0.2, -0.15) is 0 Å². The lowest BCUT2D eigenvalue weighted by Crippen LogP contribution is -2.19. The van der Waals surface area contributed by atoms with Gasteiger partial charge in [0.2, 0.25) is 5.91 Å². The average molecular weight is 364 g/mol. The van der Waals surface area contributed by atoms with Crippen LogP contribution in [0.4, 0.5) is 0 Å². The van der Waals surface area contributed by atoms with Crippen molar-refractivity contribution < 1.29 is 13.2 Å². The zero-order valence-electron chi connectivity index (χ0n) is 12.7. The molecule has 1 aromatic heterocycles. The molecule has 3 aromatic rings. The van der Waals surface area contributed by atoms with Crippen LogP contribution in [0.25, 0.3) is 22.4 Å². The minimum Gasteiger partial charge on any atom is -0.368 e. The molecule has 0 bridgehead atoms. The number of fused-ring (bicyclic) bond motifs is 1. The highest BCUT2D eigenvalue weighted by Crippen LogP contribution is 2.27. The number of primary amides is 1. The number of carbonyl (C=O) groups is 1. The van der Waals surface area contributed by atoms with E-state index in [2.05, 4.69) is 4.98 Å². The average Bonchev–Trinajstić information content (AvgIpc) is 2.83. The van der Waals surface area contributed by atoms with Gasteiger partial charge in [-0.15, -0.1) is 0 Å². The smallest absolute Gasteiger partial charge is 0.237 e. The van der Waals surface area contributed by atoms with Crippen LogP contribution < -0.4 is 5.73 Å². The number of nitrogens with two attached hydrogens (primary N) is 1. The minimum atomic E-state index is -3.28. The van der Waals surface area contributed by atoms with Gasteiger partial charge in [0, 0.05) is 16.8 Å². The van der Waals surface area contributed by atoms with Gasteiger partial charge in [0.25, 0.3) is 0 Å². The Hall–Kier alpha value is -2.38. The number of hydrogen-bond acceptors (Lipinski definition) is 4. The molecule has 6 nitrogen and oxygen atoms in total. The third-order valence-corrected chi connectivity index (χ3v) is 4.93. The number of imidazole rings is 1. The molecule has 0 aliphatic heterocycles. The maximum atomic E-state index is 11.6. The van der Waals surface area contributed by atoms with Crippen molar-refractivity contribution in [3.05, 3.63) is 47.5 Å². The highest BCUT2D eigenvalue weighted by Gasteiger charge is 2.15. The van der Waals surface area contributed by atoms with E-state index in [1.54, 1.807) is 34.9 Å². The fraction of sp³-hybridized carbons (Fsp3) is 0.125. The third kappa shape index (κ3) is 3.13. The molecule has 1 heterocycles. The van der Waals surface area contributed by atoms with Gasteiger partial charge in [0.05, 0.1) is 15.9 Å². The Morgan fingerprint density at radius 1 is 1.21 bits per heavy atom. The van der Waals surface area contributed by atoms with Crippen molar-refractivity contribution in [3.8, 4) is 11.4 Å². The van der Waals surface area contributed by atoms with E-state index < -0.39 is 15.7 Å². The van der Waals surface area contributed by atoms with E-state index in [-0.39, 0.29) is 11.4 Å². The molecule has 0 aliphatic rings. The second-order valence-electron chi connectivity index (χ2n) is 5.42. The molecule has 0 radical (unpaired) electrons. The van der Waals surface area contributed by atoms with Crippen LogP contribution in [0, 0.1) is 0 Å². The van der Waals surface area contributed by atoms with Gasteiger partial charge in [-0.3, -0.25) is 4.79 Å². The molecule has 1 amide bonds. The predicted molar refractivity (Wildman–Crippen MR) is 92.5 cm³/mol. The number of amides is 1. The minimum absolute atomic E-state index is 0.0404. The molecule has 8 heteroatoms. The van der Waals surface area contributed by atoms with Crippen LogP contribution in [-0.4, -0.2) is 30.1 Å². The predicted octanol–water partition coefficient (Wildman–Crippen LogP) is 2.25. The highest BCUT2D eigenvalue weighted by molar-refractivity contribution is 7.90. The number of halogens is 1. The van der Waals surface area contributed by atoms with Crippen LogP contribution in [0.3, 0.4) is 0 Å². The molecule has 2 aromatic carbocycles. The van der Waals surface area contributed by atoms with E-state index in [0.717, 1.165) is 11.8 Å². The van der Waals surface area contributed by atoms with Gasteiger partial charge in [-0.25, -0.2) is 13.4 Å². The van der Waals surface area contributed by atoms with Crippen LogP contribution in [0.5, 0.6) is 0 Å². The summed E-state index contributed by atoms with van der Waals surface area (Å²) in [7, 11) is -3.28. The molecule has 24 heavy (non-hydrogen) atoms. The van der Waals surface area contributed by atoms with Crippen LogP contribution in [-0.2, 0) is 21.2 Å². The summed E-state index contributed by atoms with van der Waals surface area (Å²) in [5.41, 5.74) is 7.37. The van der Waals surface area contributed by atoms with E-state index in [1.165, 1.54) is 12.1 Å². The topological polar surface area (TPSA) is 95.1 Å². The third-order valence-electron chi connectivity index (χ3n) is 3.56. The molecule has 2 N–H and O–H groups in total. The van der Waals surface area contributed by atoms with Crippen molar-refractivity contribution in [2.45, 2.75) is 11.4 Å². The molecule has 0 saturated heterocycles. The summed E-state index contributed by atoms with van der Waals surface area (Å²) in [6.45, 7) is -0.0404. The summed E-state index contributed by atoms with van der Waals surface area (Å²) in [6.07, 6.45) is 1.15. The molecule has 3 rings (SSSR count). The van der Waals surface area contributed by atoms with E-state index in [1.807, 2.05) is 0 Å². The largest absolute Gasteiger partial charge is 0.368 e. The van der Waals surface area contributed by atoms with Crippen molar-refractivity contribution in [1.29, 1.82) is 0 Å². The normalized spacial score (nSPS) is 11.8. The molecule has 0 spiro atoms. The van der Waals surface area contributed by atoms with Crippen molar-refractivity contribution in [2.75, 3.05) is 6.26 Å². The Labute approximate surface area is 143 Å². The SMILES string of the molecule is CS(=O)(=O)c1ccc(-c2nc3cc(Cl)ccc3n2CC(N)=O)cc1. The molecule has 0 aliphatic carbocycles. The maximum absolute atomic E-state index is 11.6. The Morgan fingerprint density at radius 3 is 2.46 bits per heavy atom.